The summed E-state index contributed by atoms with van der Waals surface area (Å²) in [6, 6.07) is 7.00. The molecule has 1 aromatic heterocycles. The Morgan fingerprint density at radius 3 is 2.78 bits per heavy atom. The van der Waals surface area contributed by atoms with E-state index in [0.29, 0.717) is 35.5 Å². The van der Waals surface area contributed by atoms with E-state index in [-0.39, 0.29) is 17.5 Å². The van der Waals surface area contributed by atoms with Gasteiger partial charge >= 0.3 is 0 Å². The maximum absolute atomic E-state index is 12.6. The fourth-order valence-electron chi connectivity index (χ4n) is 2.79. The first-order valence-corrected chi connectivity index (χ1v) is 7.95. The second kappa shape index (κ2) is 6.50. The number of nitrogens with zero attached hydrogens (tertiary/aromatic N) is 2. The summed E-state index contributed by atoms with van der Waals surface area (Å²) >= 11 is 0. The largest absolute Gasteiger partial charge is 0.381 e. The first kappa shape index (κ1) is 15.7. The third-order valence-corrected chi connectivity index (χ3v) is 4.11. The Morgan fingerprint density at radius 2 is 2.13 bits per heavy atom. The zero-order chi connectivity index (χ0) is 16.4. The van der Waals surface area contributed by atoms with E-state index in [1.807, 2.05) is 19.9 Å². The van der Waals surface area contributed by atoms with Gasteiger partial charge in [-0.15, -0.1) is 0 Å². The van der Waals surface area contributed by atoms with Crippen LogP contribution in [0.4, 0.5) is 0 Å². The highest BCUT2D eigenvalue weighted by molar-refractivity contribution is 6.04. The molecule has 3 rings (SSSR count). The van der Waals surface area contributed by atoms with E-state index in [4.69, 9.17) is 4.74 Å². The van der Waals surface area contributed by atoms with Crippen molar-refractivity contribution in [3.05, 3.63) is 40.3 Å². The maximum atomic E-state index is 12.6. The molecule has 6 nitrogen and oxygen atoms in total. The van der Waals surface area contributed by atoms with E-state index in [1.54, 1.807) is 18.2 Å². The molecule has 1 aliphatic heterocycles. The van der Waals surface area contributed by atoms with Gasteiger partial charge in [-0.25, -0.2) is 4.68 Å². The third-order valence-electron chi connectivity index (χ3n) is 4.11. The number of hydrogen-bond donors (Lipinski definition) is 1. The van der Waals surface area contributed by atoms with Crippen LogP contribution in [0.5, 0.6) is 0 Å². The van der Waals surface area contributed by atoms with Gasteiger partial charge in [-0.05, 0) is 26.3 Å². The Morgan fingerprint density at radius 1 is 1.39 bits per heavy atom. The van der Waals surface area contributed by atoms with Gasteiger partial charge in [0, 0.05) is 24.5 Å². The molecular weight excluding hydrogens is 294 g/mol. The SMILES string of the molecule is CC(C)n1nc(C(=O)NC[C@H]2CCOC2)c2ccccc2c1=O. The summed E-state index contributed by atoms with van der Waals surface area (Å²) in [6.45, 7) is 5.75. The fourth-order valence-corrected chi connectivity index (χ4v) is 2.79. The van der Waals surface area contributed by atoms with Crippen LogP contribution in [0.25, 0.3) is 10.8 Å². The van der Waals surface area contributed by atoms with E-state index in [1.165, 1.54) is 4.68 Å². The fraction of sp³-hybridized carbons (Fsp3) is 0.471. The van der Waals surface area contributed by atoms with Crippen LogP contribution in [-0.2, 0) is 4.74 Å². The highest BCUT2D eigenvalue weighted by atomic mass is 16.5. The minimum absolute atomic E-state index is 0.109. The first-order chi connectivity index (χ1) is 11.1. The van der Waals surface area contributed by atoms with Crippen molar-refractivity contribution < 1.29 is 9.53 Å². The normalized spacial score (nSPS) is 17.8. The summed E-state index contributed by atoms with van der Waals surface area (Å²) in [5.74, 6) is 0.101. The molecule has 2 aromatic rings. The summed E-state index contributed by atoms with van der Waals surface area (Å²) in [7, 11) is 0. The van der Waals surface area contributed by atoms with Gasteiger partial charge < -0.3 is 10.1 Å². The number of rotatable bonds is 4. The molecule has 6 heteroatoms. The molecule has 23 heavy (non-hydrogen) atoms. The van der Waals surface area contributed by atoms with Gasteiger partial charge in [0.25, 0.3) is 11.5 Å². The molecule has 0 spiro atoms. The second-order valence-corrected chi connectivity index (χ2v) is 6.18. The summed E-state index contributed by atoms with van der Waals surface area (Å²) in [5.41, 5.74) is 0.129. The van der Waals surface area contributed by atoms with Crippen LogP contribution in [0.1, 0.15) is 36.8 Å². The van der Waals surface area contributed by atoms with Crippen LogP contribution in [0.15, 0.2) is 29.1 Å². The van der Waals surface area contributed by atoms with Crippen LogP contribution in [0, 0.1) is 5.92 Å². The summed E-state index contributed by atoms with van der Waals surface area (Å²) < 4.78 is 6.69. The van der Waals surface area contributed by atoms with Crippen molar-refractivity contribution in [3.8, 4) is 0 Å². The lowest BCUT2D eigenvalue weighted by molar-refractivity contribution is 0.0939. The van der Waals surface area contributed by atoms with E-state index in [9.17, 15) is 9.59 Å². The van der Waals surface area contributed by atoms with Crippen LogP contribution < -0.4 is 10.9 Å². The molecule has 1 aliphatic rings. The van der Waals surface area contributed by atoms with Crippen LogP contribution in [0.3, 0.4) is 0 Å². The first-order valence-electron chi connectivity index (χ1n) is 7.95. The molecule has 0 radical (unpaired) electrons. The Labute approximate surface area is 134 Å². The third kappa shape index (κ3) is 3.12. The van der Waals surface area contributed by atoms with Crippen LogP contribution in [-0.4, -0.2) is 35.4 Å². The Kier molecular flexibility index (Phi) is 4.43. The number of benzene rings is 1. The quantitative estimate of drug-likeness (QED) is 0.933. The van der Waals surface area contributed by atoms with Crippen LogP contribution in [0.2, 0.25) is 0 Å². The van der Waals surface area contributed by atoms with Crippen molar-refractivity contribution in [3.63, 3.8) is 0 Å². The number of amides is 1. The van der Waals surface area contributed by atoms with E-state index < -0.39 is 0 Å². The van der Waals surface area contributed by atoms with E-state index in [2.05, 4.69) is 10.4 Å². The van der Waals surface area contributed by atoms with Gasteiger partial charge in [0.1, 0.15) is 0 Å². The second-order valence-electron chi connectivity index (χ2n) is 6.18. The summed E-state index contributed by atoms with van der Waals surface area (Å²) in [5, 5.41) is 8.34. The topological polar surface area (TPSA) is 73.2 Å². The lowest BCUT2D eigenvalue weighted by Gasteiger charge is -2.14. The molecule has 2 heterocycles. The van der Waals surface area contributed by atoms with Crippen molar-refractivity contribution in [1.29, 1.82) is 0 Å². The highest BCUT2D eigenvalue weighted by Gasteiger charge is 2.20. The highest BCUT2D eigenvalue weighted by Crippen LogP contribution is 2.15. The number of nitrogens with one attached hydrogen (secondary N) is 1. The number of hydrogen-bond acceptors (Lipinski definition) is 4. The number of ether oxygens (including phenoxy) is 1. The lowest BCUT2D eigenvalue weighted by Crippen LogP contribution is -2.34. The number of fused-ring (bicyclic) bond motifs is 1. The average Bonchev–Trinajstić information content (AvgIpc) is 3.06. The predicted molar refractivity (Wildman–Crippen MR) is 87.6 cm³/mol. The van der Waals surface area contributed by atoms with Gasteiger partial charge in [0.05, 0.1) is 18.0 Å². The molecule has 1 fully saturated rings. The molecule has 0 bridgehead atoms. The van der Waals surface area contributed by atoms with Gasteiger partial charge in [0.15, 0.2) is 5.69 Å². The standard InChI is InChI=1S/C17H21N3O3/c1-11(2)20-17(22)14-6-4-3-5-13(14)15(19-20)16(21)18-9-12-7-8-23-10-12/h3-6,11-12H,7-10H2,1-2H3,(H,18,21)/t12-/m1/s1. The molecule has 1 aromatic carbocycles. The van der Waals surface area contributed by atoms with Crippen LogP contribution >= 0.6 is 0 Å². The summed E-state index contributed by atoms with van der Waals surface area (Å²) in [6.07, 6.45) is 0.958. The molecule has 0 saturated carbocycles. The van der Waals surface area contributed by atoms with E-state index >= 15 is 0 Å². The van der Waals surface area contributed by atoms with Crippen molar-refractivity contribution in [2.24, 2.45) is 5.92 Å². The number of carbonyl (C=O) groups excluding carboxylic acids is 1. The van der Waals surface area contributed by atoms with Gasteiger partial charge in [0.2, 0.25) is 0 Å². The zero-order valence-corrected chi connectivity index (χ0v) is 13.4. The van der Waals surface area contributed by atoms with Gasteiger partial charge in [-0.3, -0.25) is 9.59 Å². The minimum Gasteiger partial charge on any atom is -0.381 e. The maximum Gasteiger partial charge on any atom is 0.274 e. The zero-order valence-electron chi connectivity index (χ0n) is 13.4. The lowest BCUT2D eigenvalue weighted by atomic mass is 10.1. The Bertz CT molecular complexity index is 776. The smallest absolute Gasteiger partial charge is 0.274 e. The van der Waals surface area contributed by atoms with E-state index in [0.717, 1.165) is 13.0 Å². The number of aromatic nitrogens is 2. The van der Waals surface area contributed by atoms with Crippen molar-refractivity contribution in [1.82, 2.24) is 15.1 Å². The van der Waals surface area contributed by atoms with Crippen molar-refractivity contribution in [2.45, 2.75) is 26.3 Å². The Hall–Kier alpha value is -2.21. The minimum atomic E-state index is -0.248. The monoisotopic (exact) mass is 315 g/mol. The van der Waals surface area contributed by atoms with Crippen molar-refractivity contribution in [2.75, 3.05) is 19.8 Å². The summed E-state index contributed by atoms with van der Waals surface area (Å²) in [4.78, 5) is 25.0. The number of carbonyl (C=O) groups is 1. The Balaban J connectivity index is 1.96. The van der Waals surface area contributed by atoms with Gasteiger partial charge in [-0.1, -0.05) is 18.2 Å². The van der Waals surface area contributed by atoms with Gasteiger partial charge in [-0.2, -0.15) is 5.10 Å². The molecular formula is C17H21N3O3. The van der Waals surface area contributed by atoms with Crippen molar-refractivity contribution >= 4 is 16.7 Å². The molecule has 1 saturated heterocycles. The predicted octanol–water partition coefficient (Wildman–Crippen LogP) is 1.74. The molecule has 0 unspecified atom stereocenters. The molecule has 0 aliphatic carbocycles. The molecule has 122 valence electrons. The molecule has 1 N–H and O–H groups in total. The molecule has 1 amide bonds. The molecule has 1 atom stereocenters. The average molecular weight is 315 g/mol.